The van der Waals surface area contributed by atoms with E-state index < -0.39 is 24.1 Å². The largest absolute Gasteiger partial charge is 0.479 e. The van der Waals surface area contributed by atoms with E-state index in [-0.39, 0.29) is 36.1 Å². The van der Waals surface area contributed by atoms with Crippen LogP contribution in [0.1, 0.15) is 69.8 Å². The van der Waals surface area contributed by atoms with Gasteiger partial charge < -0.3 is 19.5 Å². The number of hydrogen-bond acceptors (Lipinski definition) is 7. The number of amides is 2. The van der Waals surface area contributed by atoms with Crippen LogP contribution in [0, 0.1) is 17.8 Å². The minimum absolute atomic E-state index is 0.0837. The van der Waals surface area contributed by atoms with Gasteiger partial charge in [0.1, 0.15) is 0 Å². The molecule has 0 spiro atoms. The number of piperidine rings is 1. The maximum absolute atomic E-state index is 12.9. The Balaban J connectivity index is 1.80. The van der Waals surface area contributed by atoms with Crippen LogP contribution >= 0.6 is 0 Å². The summed E-state index contributed by atoms with van der Waals surface area (Å²) in [5.74, 6) is -1.59. The van der Waals surface area contributed by atoms with E-state index in [0.717, 1.165) is 0 Å². The van der Waals surface area contributed by atoms with Crippen molar-refractivity contribution >= 4 is 30.0 Å². The van der Waals surface area contributed by atoms with Gasteiger partial charge in [0.15, 0.2) is 11.9 Å². The van der Waals surface area contributed by atoms with Gasteiger partial charge in [0.05, 0.1) is 18.9 Å². The molecule has 2 amide bonds. The molecule has 1 fully saturated rings. The third-order valence-corrected chi connectivity index (χ3v) is 6.00. The molecule has 1 heterocycles. The van der Waals surface area contributed by atoms with Gasteiger partial charge in [0, 0.05) is 31.0 Å². The summed E-state index contributed by atoms with van der Waals surface area (Å²) in [6.07, 6.45) is 0.973. The number of rotatable bonds is 12. The summed E-state index contributed by atoms with van der Waals surface area (Å²) < 4.78 is 10.7. The van der Waals surface area contributed by atoms with E-state index in [1.165, 1.54) is 6.21 Å². The number of nitrogens with zero attached hydrogens (tertiary/aromatic N) is 2. The molecule has 204 valence electrons. The molecule has 1 aromatic carbocycles. The van der Waals surface area contributed by atoms with E-state index in [9.17, 15) is 24.3 Å². The molecule has 1 aromatic rings. The molecule has 2 N–H and O–H groups in total. The molecule has 2 rings (SSSR count). The Kier molecular flexibility index (Phi) is 11.7. The van der Waals surface area contributed by atoms with Crippen molar-refractivity contribution in [2.24, 2.45) is 22.9 Å². The molecular formula is C27H39N3O7. The SMILES string of the molecule is CC(C)COC(=O)NN=Cc1ccc(C(=O)CC(C)C(=O)N2CCC(OC(C(=O)O)C(C)C)CC2)cc1. The minimum atomic E-state index is -0.973. The zero-order valence-electron chi connectivity index (χ0n) is 22.3. The van der Waals surface area contributed by atoms with Crippen LogP contribution < -0.4 is 5.43 Å². The Morgan fingerprint density at radius 3 is 2.24 bits per heavy atom. The second-order valence-corrected chi connectivity index (χ2v) is 10.2. The molecule has 0 aromatic heterocycles. The lowest BCUT2D eigenvalue weighted by molar-refractivity contribution is -0.161. The second kappa shape index (κ2) is 14.5. The average molecular weight is 518 g/mol. The highest BCUT2D eigenvalue weighted by atomic mass is 16.6. The van der Waals surface area contributed by atoms with Crippen molar-refractivity contribution in [1.82, 2.24) is 10.3 Å². The molecule has 0 saturated carbocycles. The molecule has 2 unspecified atom stereocenters. The van der Waals surface area contributed by atoms with Crippen molar-refractivity contribution in [1.29, 1.82) is 0 Å². The van der Waals surface area contributed by atoms with Crippen LogP contribution in [0.5, 0.6) is 0 Å². The fourth-order valence-corrected chi connectivity index (χ4v) is 3.90. The number of aliphatic carboxylic acids is 1. The van der Waals surface area contributed by atoms with Crippen molar-refractivity contribution in [3.8, 4) is 0 Å². The first kappa shape index (κ1) is 30.0. The zero-order chi connectivity index (χ0) is 27.5. The van der Waals surface area contributed by atoms with Crippen LogP contribution in [0.25, 0.3) is 0 Å². The summed E-state index contributed by atoms with van der Waals surface area (Å²) in [4.78, 5) is 50.2. The van der Waals surface area contributed by atoms with Crippen molar-refractivity contribution in [3.63, 3.8) is 0 Å². The number of Topliss-reactive ketones (excluding diaryl/α,β-unsaturated/α-hetero) is 1. The van der Waals surface area contributed by atoms with Crippen LogP contribution in [-0.2, 0) is 19.1 Å². The summed E-state index contributed by atoms with van der Waals surface area (Å²) >= 11 is 0. The van der Waals surface area contributed by atoms with E-state index in [1.54, 1.807) is 36.1 Å². The van der Waals surface area contributed by atoms with Gasteiger partial charge in [-0.05, 0) is 30.2 Å². The number of carbonyl (C=O) groups is 4. The lowest BCUT2D eigenvalue weighted by Crippen LogP contribution is -2.45. The van der Waals surface area contributed by atoms with Crippen LogP contribution in [-0.4, -0.2) is 71.9 Å². The lowest BCUT2D eigenvalue weighted by atomic mass is 9.96. The normalized spacial score (nSPS) is 16.1. The molecule has 37 heavy (non-hydrogen) atoms. The lowest BCUT2D eigenvalue weighted by Gasteiger charge is -2.35. The fraction of sp³-hybridized carbons (Fsp3) is 0.593. The third-order valence-electron chi connectivity index (χ3n) is 6.00. The van der Waals surface area contributed by atoms with Gasteiger partial charge in [0.25, 0.3) is 0 Å². The Morgan fingerprint density at radius 2 is 1.70 bits per heavy atom. The number of benzene rings is 1. The van der Waals surface area contributed by atoms with Crippen LogP contribution in [0.15, 0.2) is 29.4 Å². The first-order valence-electron chi connectivity index (χ1n) is 12.7. The molecule has 1 aliphatic heterocycles. The molecule has 10 heteroatoms. The minimum Gasteiger partial charge on any atom is -0.479 e. The van der Waals surface area contributed by atoms with Crippen LogP contribution in [0.2, 0.25) is 0 Å². The molecule has 1 aliphatic rings. The second-order valence-electron chi connectivity index (χ2n) is 10.2. The number of carboxylic acids is 1. The van der Waals surface area contributed by atoms with E-state index in [0.29, 0.717) is 43.7 Å². The summed E-state index contributed by atoms with van der Waals surface area (Å²) in [7, 11) is 0. The number of hydrogen-bond donors (Lipinski definition) is 2. The molecule has 0 radical (unpaired) electrons. The highest BCUT2D eigenvalue weighted by molar-refractivity contribution is 5.99. The summed E-state index contributed by atoms with van der Waals surface area (Å²) in [6.45, 7) is 10.5. The Bertz CT molecular complexity index is 951. The van der Waals surface area contributed by atoms with E-state index in [2.05, 4.69) is 10.5 Å². The summed E-state index contributed by atoms with van der Waals surface area (Å²) in [5, 5.41) is 13.2. The monoisotopic (exact) mass is 517 g/mol. The van der Waals surface area contributed by atoms with Gasteiger partial charge in [-0.25, -0.2) is 15.0 Å². The predicted molar refractivity (Wildman–Crippen MR) is 138 cm³/mol. The molecule has 0 aliphatic carbocycles. The van der Waals surface area contributed by atoms with Crippen LogP contribution in [0.4, 0.5) is 4.79 Å². The van der Waals surface area contributed by atoms with E-state index in [1.807, 2.05) is 27.7 Å². The van der Waals surface area contributed by atoms with Crippen molar-refractivity contribution in [2.75, 3.05) is 19.7 Å². The highest BCUT2D eigenvalue weighted by Gasteiger charge is 2.31. The number of carboxylic acid groups (broad SMARTS) is 1. The number of carbonyl (C=O) groups excluding carboxylic acids is 3. The van der Waals surface area contributed by atoms with Crippen molar-refractivity contribution in [3.05, 3.63) is 35.4 Å². The number of nitrogens with one attached hydrogen (secondary N) is 1. The third kappa shape index (κ3) is 9.95. The smallest absolute Gasteiger partial charge is 0.427 e. The Morgan fingerprint density at radius 1 is 1.08 bits per heavy atom. The molecule has 2 atom stereocenters. The topological polar surface area (TPSA) is 135 Å². The quantitative estimate of drug-likeness (QED) is 0.245. The first-order valence-corrected chi connectivity index (χ1v) is 12.7. The standard InChI is InChI=1S/C27H39N3O7/c1-17(2)16-36-27(35)29-28-15-20-6-8-21(9-7-20)23(31)14-19(5)25(32)30-12-10-22(11-13-30)37-24(18(3)4)26(33)34/h6-9,15,17-19,22,24H,10-14,16H2,1-5H3,(H,29,35)(H,33,34). The molecule has 1 saturated heterocycles. The zero-order valence-corrected chi connectivity index (χ0v) is 22.3. The maximum Gasteiger partial charge on any atom is 0.427 e. The van der Waals surface area contributed by atoms with Gasteiger partial charge in [-0.15, -0.1) is 0 Å². The summed E-state index contributed by atoms with van der Waals surface area (Å²) in [6, 6.07) is 6.73. The molecular weight excluding hydrogens is 478 g/mol. The molecule has 10 nitrogen and oxygen atoms in total. The van der Waals surface area contributed by atoms with Crippen molar-refractivity contribution < 1.29 is 33.8 Å². The first-order chi connectivity index (χ1) is 17.5. The number of likely N-dealkylation sites (tertiary alicyclic amines) is 1. The van der Waals surface area contributed by atoms with E-state index >= 15 is 0 Å². The van der Waals surface area contributed by atoms with Gasteiger partial charge >= 0.3 is 12.1 Å². The summed E-state index contributed by atoms with van der Waals surface area (Å²) in [5.41, 5.74) is 3.46. The van der Waals surface area contributed by atoms with Gasteiger partial charge in [0.2, 0.25) is 5.91 Å². The number of ketones is 1. The van der Waals surface area contributed by atoms with Gasteiger partial charge in [-0.3, -0.25) is 9.59 Å². The highest BCUT2D eigenvalue weighted by Crippen LogP contribution is 2.21. The Hall–Kier alpha value is -3.27. The van der Waals surface area contributed by atoms with Crippen LogP contribution in [0.3, 0.4) is 0 Å². The van der Waals surface area contributed by atoms with E-state index in [4.69, 9.17) is 9.47 Å². The van der Waals surface area contributed by atoms with Crippen molar-refractivity contribution in [2.45, 2.75) is 66.1 Å². The van der Waals surface area contributed by atoms with Gasteiger partial charge in [-0.2, -0.15) is 5.10 Å². The average Bonchev–Trinajstić information content (AvgIpc) is 2.85. The predicted octanol–water partition coefficient (Wildman–Crippen LogP) is 3.73. The van der Waals surface area contributed by atoms with Gasteiger partial charge in [-0.1, -0.05) is 58.9 Å². The number of ether oxygens (including phenoxy) is 2. The maximum atomic E-state index is 12.9. The molecule has 0 bridgehead atoms. The fourth-order valence-electron chi connectivity index (χ4n) is 3.90. The number of hydrazone groups is 1. The Labute approximate surface area is 218 Å².